The molecule has 1 aliphatic carbocycles. The van der Waals surface area contributed by atoms with Gasteiger partial charge in [-0.2, -0.15) is 0 Å². The monoisotopic (exact) mass is 268 g/mol. The van der Waals surface area contributed by atoms with Gasteiger partial charge in [0.05, 0.1) is 6.10 Å². The highest BCUT2D eigenvalue weighted by molar-refractivity contribution is 9.10. The maximum atomic E-state index is 10.3. The van der Waals surface area contributed by atoms with Crippen LogP contribution in [0.1, 0.15) is 42.9 Å². The van der Waals surface area contributed by atoms with Gasteiger partial charge < -0.3 is 5.11 Å². The zero-order valence-corrected chi connectivity index (χ0v) is 10.6. The molecule has 1 aromatic carbocycles. The highest BCUT2D eigenvalue weighted by atomic mass is 79.9. The summed E-state index contributed by atoms with van der Waals surface area (Å²) >= 11 is 3.53. The first-order valence-electron chi connectivity index (χ1n) is 5.62. The summed E-state index contributed by atoms with van der Waals surface area (Å²) in [6.07, 6.45) is 4.59. The number of aryl methyl sites for hydroxylation is 1. The lowest BCUT2D eigenvalue weighted by Crippen LogP contribution is -2.09. The Bertz CT molecular complexity index is 342. The third-order valence-corrected chi connectivity index (χ3v) is 4.01. The molecule has 0 spiro atoms. The standard InChI is InChI=1S/C13H17BrO/c1-9-6-7-11(12(14)8-9)13(15)10-4-2-3-5-10/h6-8,10,13,15H,2-5H2,1H3. The van der Waals surface area contributed by atoms with E-state index in [0.29, 0.717) is 5.92 Å². The van der Waals surface area contributed by atoms with Crippen LogP contribution >= 0.6 is 15.9 Å². The number of aliphatic hydroxyl groups is 1. The van der Waals surface area contributed by atoms with Gasteiger partial charge in [-0.1, -0.05) is 40.9 Å². The average molecular weight is 269 g/mol. The van der Waals surface area contributed by atoms with Crippen LogP contribution in [0.25, 0.3) is 0 Å². The van der Waals surface area contributed by atoms with Gasteiger partial charge in [-0.15, -0.1) is 0 Å². The van der Waals surface area contributed by atoms with Gasteiger partial charge in [-0.05, 0) is 42.9 Å². The van der Waals surface area contributed by atoms with Crippen LogP contribution in [0.5, 0.6) is 0 Å². The Morgan fingerprint density at radius 2 is 2.00 bits per heavy atom. The van der Waals surface area contributed by atoms with E-state index in [1.165, 1.54) is 31.2 Å². The molecule has 82 valence electrons. The molecule has 1 saturated carbocycles. The summed E-state index contributed by atoms with van der Waals surface area (Å²) in [5.41, 5.74) is 2.27. The van der Waals surface area contributed by atoms with E-state index in [9.17, 15) is 5.11 Å². The smallest absolute Gasteiger partial charge is 0.0829 e. The van der Waals surface area contributed by atoms with Crippen molar-refractivity contribution in [1.82, 2.24) is 0 Å². The molecule has 0 aromatic heterocycles. The van der Waals surface area contributed by atoms with Crippen LogP contribution in [-0.2, 0) is 0 Å². The average Bonchev–Trinajstić information content (AvgIpc) is 2.69. The van der Waals surface area contributed by atoms with Crippen molar-refractivity contribution in [3.63, 3.8) is 0 Å². The van der Waals surface area contributed by atoms with Crippen molar-refractivity contribution >= 4 is 15.9 Å². The normalized spacial score (nSPS) is 19.4. The minimum Gasteiger partial charge on any atom is -0.388 e. The topological polar surface area (TPSA) is 20.2 Å². The molecule has 0 aliphatic heterocycles. The minimum absolute atomic E-state index is 0.289. The van der Waals surface area contributed by atoms with Gasteiger partial charge in [-0.25, -0.2) is 0 Å². The first-order valence-corrected chi connectivity index (χ1v) is 6.42. The predicted octanol–water partition coefficient (Wildman–Crippen LogP) is 3.98. The van der Waals surface area contributed by atoms with E-state index < -0.39 is 0 Å². The Balaban J connectivity index is 2.20. The molecule has 1 unspecified atom stereocenters. The van der Waals surface area contributed by atoms with Crippen molar-refractivity contribution in [3.05, 3.63) is 33.8 Å². The molecule has 0 saturated heterocycles. The van der Waals surface area contributed by atoms with E-state index in [2.05, 4.69) is 35.0 Å². The lowest BCUT2D eigenvalue weighted by atomic mass is 9.94. The van der Waals surface area contributed by atoms with Crippen molar-refractivity contribution in [1.29, 1.82) is 0 Å². The second-order valence-corrected chi connectivity index (χ2v) is 5.37. The van der Waals surface area contributed by atoms with Gasteiger partial charge in [0.25, 0.3) is 0 Å². The quantitative estimate of drug-likeness (QED) is 0.861. The largest absolute Gasteiger partial charge is 0.388 e. The molecular formula is C13H17BrO. The van der Waals surface area contributed by atoms with Gasteiger partial charge >= 0.3 is 0 Å². The molecule has 0 radical (unpaired) electrons. The molecule has 0 bridgehead atoms. The summed E-state index contributed by atoms with van der Waals surface area (Å²) < 4.78 is 1.04. The Kier molecular flexibility index (Phi) is 3.47. The summed E-state index contributed by atoms with van der Waals surface area (Å²) in [5, 5.41) is 10.3. The van der Waals surface area contributed by atoms with E-state index in [1.807, 2.05) is 6.07 Å². The molecular weight excluding hydrogens is 252 g/mol. The fourth-order valence-corrected chi connectivity index (χ4v) is 3.13. The van der Waals surface area contributed by atoms with E-state index >= 15 is 0 Å². The first-order chi connectivity index (χ1) is 7.18. The minimum atomic E-state index is -0.289. The van der Waals surface area contributed by atoms with Crippen LogP contribution in [0.3, 0.4) is 0 Å². The van der Waals surface area contributed by atoms with Crippen LogP contribution in [0, 0.1) is 12.8 Å². The summed E-state index contributed by atoms with van der Waals surface area (Å²) in [4.78, 5) is 0. The second-order valence-electron chi connectivity index (χ2n) is 4.51. The van der Waals surface area contributed by atoms with Crippen molar-refractivity contribution in [3.8, 4) is 0 Å². The molecule has 0 amide bonds. The highest BCUT2D eigenvalue weighted by Crippen LogP contribution is 2.38. The van der Waals surface area contributed by atoms with E-state index in [1.54, 1.807) is 0 Å². The van der Waals surface area contributed by atoms with Gasteiger partial charge in [0.2, 0.25) is 0 Å². The summed E-state index contributed by atoms with van der Waals surface area (Å²) in [6.45, 7) is 2.07. The number of rotatable bonds is 2. The third kappa shape index (κ3) is 2.43. The van der Waals surface area contributed by atoms with Crippen LogP contribution < -0.4 is 0 Å². The molecule has 1 fully saturated rings. The fourth-order valence-electron chi connectivity index (χ4n) is 2.40. The Labute approximate surface area is 99.6 Å². The summed E-state index contributed by atoms with van der Waals surface area (Å²) in [5.74, 6) is 0.462. The Morgan fingerprint density at radius 3 is 2.60 bits per heavy atom. The van der Waals surface area contributed by atoms with Crippen molar-refractivity contribution < 1.29 is 5.11 Å². The number of aliphatic hydroxyl groups excluding tert-OH is 1. The highest BCUT2D eigenvalue weighted by Gasteiger charge is 2.25. The number of benzene rings is 1. The number of hydrogen-bond acceptors (Lipinski definition) is 1. The first kappa shape index (κ1) is 11.2. The fraction of sp³-hybridized carbons (Fsp3) is 0.538. The van der Waals surface area contributed by atoms with Crippen LogP contribution in [0.15, 0.2) is 22.7 Å². The van der Waals surface area contributed by atoms with Gasteiger partial charge in [0.1, 0.15) is 0 Å². The van der Waals surface area contributed by atoms with E-state index in [0.717, 1.165) is 10.0 Å². The molecule has 2 heteroatoms. The molecule has 0 heterocycles. The van der Waals surface area contributed by atoms with Crippen LogP contribution in [0.2, 0.25) is 0 Å². The van der Waals surface area contributed by atoms with Crippen LogP contribution in [-0.4, -0.2) is 5.11 Å². The second kappa shape index (κ2) is 4.67. The predicted molar refractivity (Wildman–Crippen MR) is 65.8 cm³/mol. The van der Waals surface area contributed by atoms with Crippen molar-refractivity contribution in [2.24, 2.45) is 5.92 Å². The van der Waals surface area contributed by atoms with E-state index in [4.69, 9.17) is 0 Å². The third-order valence-electron chi connectivity index (χ3n) is 3.32. The molecule has 15 heavy (non-hydrogen) atoms. The van der Waals surface area contributed by atoms with Gasteiger partial charge in [0.15, 0.2) is 0 Å². The zero-order valence-electron chi connectivity index (χ0n) is 9.04. The maximum absolute atomic E-state index is 10.3. The SMILES string of the molecule is Cc1ccc(C(O)C2CCCC2)c(Br)c1. The number of hydrogen-bond donors (Lipinski definition) is 1. The molecule has 1 aliphatic rings. The van der Waals surface area contributed by atoms with Crippen molar-refractivity contribution in [2.75, 3.05) is 0 Å². The Hall–Kier alpha value is -0.340. The molecule has 1 aromatic rings. The molecule has 1 N–H and O–H groups in total. The lowest BCUT2D eigenvalue weighted by Gasteiger charge is -2.19. The molecule has 2 rings (SSSR count). The van der Waals surface area contributed by atoms with Gasteiger partial charge in [0, 0.05) is 4.47 Å². The summed E-state index contributed by atoms with van der Waals surface area (Å²) in [7, 11) is 0. The maximum Gasteiger partial charge on any atom is 0.0829 e. The lowest BCUT2D eigenvalue weighted by molar-refractivity contribution is 0.111. The molecule has 1 atom stereocenters. The van der Waals surface area contributed by atoms with E-state index in [-0.39, 0.29) is 6.10 Å². The molecule has 1 nitrogen and oxygen atoms in total. The van der Waals surface area contributed by atoms with Crippen LogP contribution in [0.4, 0.5) is 0 Å². The van der Waals surface area contributed by atoms with Crippen molar-refractivity contribution in [2.45, 2.75) is 38.7 Å². The van der Waals surface area contributed by atoms with Gasteiger partial charge in [-0.3, -0.25) is 0 Å². The Morgan fingerprint density at radius 1 is 1.33 bits per heavy atom. The number of halogens is 1. The zero-order chi connectivity index (χ0) is 10.8. The summed E-state index contributed by atoms with van der Waals surface area (Å²) in [6, 6.07) is 6.19.